The van der Waals surface area contributed by atoms with Gasteiger partial charge in [0.05, 0.1) is 11.9 Å². The van der Waals surface area contributed by atoms with Gasteiger partial charge in [0, 0.05) is 9.26 Å². The van der Waals surface area contributed by atoms with E-state index in [4.69, 9.17) is 12.2 Å². The summed E-state index contributed by atoms with van der Waals surface area (Å²) in [6, 6.07) is 16.1. The lowest BCUT2D eigenvalue weighted by molar-refractivity contribution is 0.430. The molecule has 1 aromatic heterocycles. The molecule has 4 N–H and O–H groups in total. The second kappa shape index (κ2) is 8.80. The Morgan fingerprint density at radius 3 is 2.50 bits per heavy atom. The molecule has 0 bridgehead atoms. The molecule has 8 nitrogen and oxygen atoms in total. The molecule has 0 radical (unpaired) electrons. The minimum Gasteiger partial charge on any atom is -0.493 e. The van der Waals surface area contributed by atoms with Crippen molar-refractivity contribution in [2.45, 2.75) is 0 Å². The molecule has 0 aliphatic rings. The maximum atomic E-state index is 12.1. The minimum atomic E-state index is -0.767. The van der Waals surface area contributed by atoms with Crippen molar-refractivity contribution >= 4 is 51.8 Å². The Labute approximate surface area is 178 Å². The molecular formula is C18H14IN5O3S. The van der Waals surface area contributed by atoms with Crippen LogP contribution in [0.4, 0.5) is 5.69 Å². The number of aromatic amines is 1. The topological polar surface area (TPSA) is 112 Å². The van der Waals surface area contributed by atoms with Gasteiger partial charge in [0.1, 0.15) is 5.56 Å². The fourth-order valence-corrected chi connectivity index (χ4v) is 2.85. The van der Waals surface area contributed by atoms with Gasteiger partial charge in [-0.2, -0.15) is 5.10 Å². The van der Waals surface area contributed by atoms with Gasteiger partial charge in [0.15, 0.2) is 5.11 Å². The number of benzene rings is 2. The molecule has 28 heavy (non-hydrogen) atoms. The van der Waals surface area contributed by atoms with Crippen molar-refractivity contribution in [1.82, 2.24) is 15.0 Å². The van der Waals surface area contributed by atoms with Crippen LogP contribution in [0.15, 0.2) is 69.3 Å². The van der Waals surface area contributed by atoms with E-state index in [9.17, 15) is 14.7 Å². The van der Waals surface area contributed by atoms with E-state index in [1.807, 2.05) is 30.3 Å². The van der Waals surface area contributed by atoms with Crippen molar-refractivity contribution in [2.24, 2.45) is 5.10 Å². The highest BCUT2D eigenvalue weighted by atomic mass is 127. The Hall–Kier alpha value is -2.99. The van der Waals surface area contributed by atoms with Crippen LogP contribution >= 0.6 is 34.8 Å². The quantitative estimate of drug-likeness (QED) is 0.187. The van der Waals surface area contributed by atoms with E-state index in [2.05, 4.69) is 43.4 Å². The van der Waals surface area contributed by atoms with Gasteiger partial charge >= 0.3 is 5.69 Å². The van der Waals surface area contributed by atoms with E-state index >= 15 is 0 Å². The average molecular weight is 507 g/mol. The molecule has 0 atom stereocenters. The van der Waals surface area contributed by atoms with Gasteiger partial charge in [-0.05, 0) is 71.2 Å². The maximum absolute atomic E-state index is 12.1. The highest BCUT2D eigenvalue weighted by molar-refractivity contribution is 14.1. The second-order valence-electron chi connectivity index (χ2n) is 5.50. The molecule has 0 fully saturated rings. The Morgan fingerprint density at radius 2 is 1.82 bits per heavy atom. The molecule has 142 valence electrons. The van der Waals surface area contributed by atoms with Crippen molar-refractivity contribution in [3.63, 3.8) is 0 Å². The number of aromatic nitrogens is 2. The van der Waals surface area contributed by atoms with Crippen molar-refractivity contribution < 1.29 is 5.11 Å². The van der Waals surface area contributed by atoms with Gasteiger partial charge in [-0.15, -0.1) is 0 Å². The Bertz CT molecular complexity index is 1140. The number of hydrogen-bond donors (Lipinski definition) is 4. The zero-order valence-corrected chi connectivity index (χ0v) is 17.2. The summed E-state index contributed by atoms with van der Waals surface area (Å²) in [5.41, 5.74) is 2.02. The standard InChI is InChI=1S/C18H14IN5O3S/c19-11-6-8-13(9-7-11)24-16(26)14(15(25)22-18(24)27)10-20-23-17(28)21-12-4-2-1-3-5-12/h1-10,26H,(H2,21,23,28)(H,22,25,27)/b20-10+. The first-order chi connectivity index (χ1) is 13.5. The van der Waals surface area contributed by atoms with Crippen molar-refractivity contribution in [3.8, 4) is 11.6 Å². The summed E-state index contributed by atoms with van der Waals surface area (Å²) in [6.45, 7) is 0. The lowest BCUT2D eigenvalue weighted by Crippen LogP contribution is -2.31. The normalized spacial score (nSPS) is 10.8. The second-order valence-corrected chi connectivity index (χ2v) is 7.15. The zero-order chi connectivity index (χ0) is 20.1. The number of rotatable bonds is 4. The van der Waals surface area contributed by atoms with Crippen LogP contribution < -0.4 is 22.0 Å². The summed E-state index contributed by atoms with van der Waals surface area (Å²) in [5, 5.41) is 17.4. The van der Waals surface area contributed by atoms with E-state index in [0.29, 0.717) is 5.69 Å². The summed E-state index contributed by atoms with van der Waals surface area (Å²) in [6.07, 6.45) is 1.09. The Balaban J connectivity index is 1.84. The summed E-state index contributed by atoms with van der Waals surface area (Å²) in [5.74, 6) is -0.526. The SMILES string of the molecule is O=c1[nH]c(=O)n(-c2ccc(I)cc2)c(O)c1/C=N/NC(=S)Nc1ccccc1. The van der Waals surface area contributed by atoms with E-state index in [0.717, 1.165) is 20.0 Å². The first-order valence-corrected chi connectivity index (χ1v) is 9.44. The average Bonchev–Trinajstić information content (AvgIpc) is 2.66. The number of anilines is 1. The van der Waals surface area contributed by atoms with E-state index < -0.39 is 17.1 Å². The first kappa shape index (κ1) is 19.8. The van der Waals surface area contributed by atoms with Crippen molar-refractivity contribution in [3.05, 3.63) is 84.6 Å². The third-order valence-corrected chi connectivity index (χ3v) is 4.51. The van der Waals surface area contributed by atoms with Crippen molar-refractivity contribution in [1.29, 1.82) is 0 Å². The smallest absolute Gasteiger partial charge is 0.335 e. The number of nitrogens with one attached hydrogen (secondary N) is 3. The predicted molar refractivity (Wildman–Crippen MR) is 120 cm³/mol. The molecule has 0 saturated carbocycles. The summed E-state index contributed by atoms with van der Waals surface area (Å²) in [4.78, 5) is 26.4. The summed E-state index contributed by atoms with van der Waals surface area (Å²) < 4.78 is 1.95. The number of hydrazone groups is 1. The van der Waals surface area contributed by atoms with Gasteiger partial charge in [0.25, 0.3) is 5.56 Å². The van der Waals surface area contributed by atoms with Crippen molar-refractivity contribution in [2.75, 3.05) is 5.32 Å². The number of aromatic hydroxyl groups is 1. The number of para-hydroxylation sites is 1. The summed E-state index contributed by atoms with van der Waals surface area (Å²) in [7, 11) is 0. The summed E-state index contributed by atoms with van der Waals surface area (Å²) >= 11 is 7.23. The molecule has 0 amide bonds. The van der Waals surface area contributed by atoms with Crippen LogP contribution in [-0.4, -0.2) is 26.0 Å². The molecule has 0 unspecified atom stereocenters. The van der Waals surface area contributed by atoms with Gasteiger partial charge in [-0.1, -0.05) is 18.2 Å². The molecule has 0 aliphatic heterocycles. The Morgan fingerprint density at radius 1 is 1.14 bits per heavy atom. The minimum absolute atomic E-state index is 0.187. The number of thiocarbonyl (C=S) groups is 1. The lowest BCUT2D eigenvalue weighted by Gasteiger charge is -2.10. The molecule has 0 saturated heterocycles. The highest BCUT2D eigenvalue weighted by Gasteiger charge is 2.14. The fourth-order valence-electron chi connectivity index (χ4n) is 2.32. The van der Waals surface area contributed by atoms with Gasteiger partial charge in [0.2, 0.25) is 5.88 Å². The van der Waals surface area contributed by atoms with Crippen LogP contribution in [0.3, 0.4) is 0 Å². The molecule has 0 spiro atoms. The number of halogens is 1. The largest absolute Gasteiger partial charge is 0.493 e. The predicted octanol–water partition coefficient (Wildman–Crippen LogP) is 2.16. The maximum Gasteiger partial charge on any atom is 0.335 e. The zero-order valence-electron chi connectivity index (χ0n) is 14.2. The number of H-pyrrole nitrogens is 1. The molecule has 3 aromatic rings. The highest BCUT2D eigenvalue weighted by Crippen LogP contribution is 2.16. The molecule has 0 aliphatic carbocycles. The lowest BCUT2D eigenvalue weighted by atomic mass is 10.3. The van der Waals surface area contributed by atoms with E-state index in [1.165, 1.54) is 0 Å². The van der Waals surface area contributed by atoms with Gasteiger partial charge in [-0.3, -0.25) is 15.2 Å². The van der Waals surface area contributed by atoms with Gasteiger partial charge < -0.3 is 10.4 Å². The van der Waals surface area contributed by atoms with E-state index in [-0.39, 0.29) is 10.7 Å². The number of nitrogens with zero attached hydrogens (tertiary/aromatic N) is 2. The molecule has 10 heteroatoms. The number of hydrogen-bond acceptors (Lipinski definition) is 5. The van der Waals surface area contributed by atoms with Crippen LogP contribution in [0.5, 0.6) is 5.88 Å². The Kier molecular flexibility index (Phi) is 6.21. The van der Waals surface area contributed by atoms with Crippen LogP contribution in [0.2, 0.25) is 0 Å². The van der Waals surface area contributed by atoms with Crippen LogP contribution in [-0.2, 0) is 0 Å². The van der Waals surface area contributed by atoms with Crippen LogP contribution in [0, 0.1) is 3.57 Å². The first-order valence-electron chi connectivity index (χ1n) is 7.95. The van der Waals surface area contributed by atoms with Crippen LogP contribution in [0.25, 0.3) is 5.69 Å². The molecule has 1 heterocycles. The van der Waals surface area contributed by atoms with Crippen LogP contribution in [0.1, 0.15) is 5.56 Å². The molecular weight excluding hydrogens is 493 g/mol. The fraction of sp³-hybridized carbons (Fsp3) is 0. The van der Waals surface area contributed by atoms with E-state index in [1.54, 1.807) is 24.3 Å². The molecule has 2 aromatic carbocycles. The molecule has 3 rings (SSSR count). The third-order valence-electron chi connectivity index (χ3n) is 3.60. The monoisotopic (exact) mass is 507 g/mol. The third kappa shape index (κ3) is 4.64. The van der Waals surface area contributed by atoms with Gasteiger partial charge in [-0.25, -0.2) is 9.36 Å².